The van der Waals surface area contributed by atoms with Gasteiger partial charge in [-0.2, -0.15) is 0 Å². The van der Waals surface area contributed by atoms with Gasteiger partial charge in [0.1, 0.15) is 0 Å². The lowest BCUT2D eigenvalue weighted by atomic mass is 10.2. The second kappa shape index (κ2) is 4.68. The normalized spacial score (nSPS) is 22.1. The number of aryl methyl sites for hydroxylation is 1. The van der Waals surface area contributed by atoms with Crippen LogP contribution in [0.3, 0.4) is 0 Å². The Morgan fingerprint density at radius 1 is 1.53 bits per heavy atom. The van der Waals surface area contributed by atoms with Crippen LogP contribution >= 0.6 is 0 Å². The Morgan fingerprint density at radius 3 is 3.13 bits per heavy atom. The molecule has 1 fully saturated rings. The van der Waals surface area contributed by atoms with Gasteiger partial charge < -0.3 is 5.11 Å². The van der Waals surface area contributed by atoms with Gasteiger partial charge in [-0.15, -0.1) is 0 Å². The first-order valence-corrected chi connectivity index (χ1v) is 5.42. The fourth-order valence-corrected chi connectivity index (χ4v) is 2.11. The summed E-state index contributed by atoms with van der Waals surface area (Å²) < 4.78 is 0. The number of aliphatic hydroxyl groups is 1. The van der Waals surface area contributed by atoms with Crippen LogP contribution in [0.15, 0.2) is 12.4 Å². The van der Waals surface area contributed by atoms with Gasteiger partial charge in [0.05, 0.1) is 18.0 Å². The molecule has 0 radical (unpaired) electrons. The Balaban J connectivity index is 2.02. The highest BCUT2D eigenvalue weighted by Gasteiger charge is 2.23. The Kier molecular flexibility index (Phi) is 3.28. The van der Waals surface area contributed by atoms with Crippen molar-refractivity contribution in [2.45, 2.75) is 32.4 Å². The smallest absolute Gasteiger partial charge is 0.0730 e. The van der Waals surface area contributed by atoms with Crippen molar-refractivity contribution >= 4 is 0 Å². The summed E-state index contributed by atoms with van der Waals surface area (Å²) in [5.41, 5.74) is 1.95. The molecular weight excluding hydrogens is 190 g/mol. The van der Waals surface area contributed by atoms with Crippen LogP contribution in [0.5, 0.6) is 0 Å². The van der Waals surface area contributed by atoms with E-state index in [9.17, 15) is 5.11 Å². The summed E-state index contributed by atoms with van der Waals surface area (Å²) in [7, 11) is 0. The minimum Gasteiger partial charge on any atom is -0.395 e. The van der Waals surface area contributed by atoms with Crippen molar-refractivity contribution in [1.29, 1.82) is 0 Å². The van der Waals surface area contributed by atoms with Crippen molar-refractivity contribution in [2.24, 2.45) is 0 Å². The van der Waals surface area contributed by atoms with Crippen LogP contribution in [-0.4, -0.2) is 39.2 Å². The maximum Gasteiger partial charge on any atom is 0.0730 e. The van der Waals surface area contributed by atoms with Gasteiger partial charge in [-0.25, -0.2) is 0 Å². The summed E-state index contributed by atoms with van der Waals surface area (Å²) in [4.78, 5) is 10.8. The Bertz CT molecular complexity index is 329. The van der Waals surface area contributed by atoms with E-state index in [1.165, 1.54) is 6.42 Å². The Hall–Kier alpha value is -1.00. The van der Waals surface area contributed by atoms with Gasteiger partial charge in [0, 0.05) is 25.0 Å². The third-order valence-electron chi connectivity index (χ3n) is 2.88. The molecule has 0 aromatic carbocycles. The number of nitrogens with zero attached hydrogens (tertiary/aromatic N) is 3. The summed E-state index contributed by atoms with van der Waals surface area (Å²) in [6, 6.07) is 0.312. The Morgan fingerprint density at radius 2 is 2.40 bits per heavy atom. The molecule has 4 nitrogen and oxygen atoms in total. The molecule has 1 aromatic rings. The molecule has 2 heterocycles. The molecule has 0 spiro atoms. The molecule has 1 aliphatic rings. The highest BCUT2D eigenvalue weighted by molar-refractivity contribution is 5.02. The van der Waals surface area contributed by atoms with Crippen molar-refractivity contribution in [2.75, 3.05) is 13.2 Å². The van der Waals surface area contributed by atoms with Crippen LogP contribution < -0.4 is 0 Å². The van der Waals surface area contributed by atoms with Gasteiger partial charge in [0.25, 0.3) is 0 Å². The van der Waals surface area contributed by atoms with Crippen LogP contribution in [-0.2, 0) is 6.54 Å². The van der Waals surface area contributed by atoms with Gasteiger partial charge in [0.15, 0.2) is 0 Å². The van der Waals surface area contributed by atoms with Crippen LogP contribution in [0.1, 0.15) is 24.2 Å². The lowest BCUT2D eigenvalue weighted by Crippen LogP contribution is -2.32. The first-order chi connectivity index (χ1) is 7.29. The molecule has 0 bridgehead atoms. The third-order valence-corrected chi connectivity index (χ3v) is 2.88. The molecule has 1 atom stereocenters. The zero-order valence-corrected chi connectivity index (χ0v) is 9.06. The van der Waals surface area contributed by atoms with E-state index in [1.54, 1.807) is 12.4 Å². The van der Waals surface area contributed by atoms with E-state index in [0.29, 0.717) is 6.04 Å². The van der Waals surface area contributed by atoms with Gasteiger partial charge in [-0.1, -0.05) is 0 Å². The SMILES string of the molecule is Cc1cncc(CN2CCCC2CO)n1. The predicted octanol–water partition coefficient (Wildman–Crippen LogP) is 0.742. The van der Waals surface area contributed by atoms with Gasteiger partial charge >= 0.3 is 0 Å². The van der Waals surface area contributed by atoms with E-state index in [1.807, 2.05) is 6.92 Å². The van der Waals surface area contributed by atoms with Crippen molar-refractivity contribution in [1.82, 2.24) is 14.9 Å². The fraction of sp³-hybridized carbons (Fsp3) is 0.636. The minimum atomic E-state index is 0.249. The maximum absolute atomic E-state index is 9.19. The average molecular weight is 207 g/mol. The zero-order valence-electron chi connectivity index (χ0n) is 9.06. The van der Waals surface area contributed by atoms with Crippen molar-refractivity contribution in [3.05, 3.63) is 23.8 Å². The molecule has 15 heavy (non-hydrogen) atoms. The number of aliphatic hydroxyl groups excluding tert-OH is 1. The van der Waals surface area contributed by atoms with Crippen LogP contribution in [0.4, 0.5) is 0 Å². The number of aromatic nitrogens is 2. The molecule has 0 saturated carbocycles. The molecule has 1 aliphatic heterocycles. The molecule has 82 valence electrons. The van der Waals surface area contributed by atoms with Gasteiger partial charge in [0.2, 0.25) is 0 Å². The largest absolute Gasteiger partial charge is 0.395 e. The van der Waals surface area contributed by atoms with E-state index in [0.717, 1.165) is 30.9 Å². The Labute approximate surface area is 90.0 Å². The lowest BCUT2D eigenvalue weighted by Gasteiger charge is -2.21. The lowest BCUT2D eigenvalue weighted by molar-refractivity contribution is 0.152. The molecule has 0 aliphatic carbocycles. The summed E-state index contributed by atoms with van der Waals surface area (Å²) in [5.74, 6) is 0. The molecule has 1 N–H and O–H groups in total. The first kappa shape index (κ1) is 10.5. The van der Waals surface area contributed by atoms with Crippen molar-refractivity contribution in [3.8, 4) is 0 Å². The summed E-state index contributed by atoms with van der Waals surface area (Å²) in [6.45, 7) is 4.06. The topological polar surface area (TPSA) is 49.2 Å². The fourth-order valence-electron chi connectivity index (χ4n) is 2.11. The molecule has 2 rings (SSSR count). The molecule has 1 unspecified atom stereocenters. The quantitative estimate of drug-likeness (QED) is 0.794. The van der Waals surface area contributed by atoms with E-state index < -0.39 is 0 Å². The van der Waals surface area contributed by atoms with E-state index in [4.69, 9.17) is 0 Å². The van der Waals surface area contributed by atoms with Gasteiger partial charge in [-0.3, -0.25) is 14.9 Å². The van der Waals surface area contributed by atoms with Crippen molar-refractivity contribution in [3.63, 3.8) is 0 Å². The first-order valence-electron chi connectivity index (χ1n) is 5.42. The summed E-state index contributed by atoms with van der Waals surface area (Å²) in [6.07, 6.45) is 5.83. The second-order valence-electron chi connectivity index (χ2n) is 4.10. The summed E-state index contributed by atoms with van der Waals surface area (Å²) in [5, 5.41) is 9.19. The number of hydrogen-bond acceptors (Lipinski definition) is 4. The second-order valence-corrected chi connectivity index (χ2v) is 4.10. The predicted molar refractivity (Wildman–Crippen MR) is 57.3 cm³/mol. The molecule has 4 heteroatoms. The van der Waals surface area contributed by atoms with Gasteiger partial charge in [-0.05, 0) is 26.3 Å². The zero-order chi connectivity index (χ0) is 10.7. The molecular formula is C11H17N3O. The molecule has 1 saturated heterocycles. The molecule has 1 aromatic heterocycles. The van der Waals surface area contributed by atoms with Crippen LogP contribution in [0, 0.1) is 6.92 Å². The van der Waals surface area contributed by atoms with Crippen LogP contribution in [0.25, 0.3) is 0 Å². The van der Waals surface area contributed by atoms with Crippen molar-refractivity contribution < 1.29 is 5.11 Å². The summed E-state index contributed by atoms with van der Waals surface area (Å²) >= 11 is 0. The number of likely N-dealkylation sites (tertiary alicyclic amines) is 1. The average Bonchev–Trinajstić information content (AvgIpc) is 2.65. The highest BCUT2D eigenvalue weighted by atomic mass is 16.3. The standard InChI is InChI=1S/C11H17N3O/c1-9-5-12-6-10(13-9)7-14-4-2-3-11(14)8-15/h5-6,11,15H,2-4,7-8H2,1H3. The minimum absolute atomic E-state index is 0.249. The maximum atomic E-state index is 9.19. The number of hydrogen-bond donors (Lipinski definition) is 1. The van der Waals surface area contributed by atoms with Crippen LogP contribution in [0.2, 0.25) is 0 Å². The third kappa shape index (κ3) is 2.52. The van der Waals surface area contributed by atoms with E-state index in [2.05, 4.69) is 14.9 Å². The highest BCUT2D eigenvalue weighted by Crippen LogP contribution is 2.18. The van der Waals surface area contributed by atoms with E-state index in [-0.39, 0.29) is 6.61 Å². The number of rotatable bonds is 3. The van der Waals surface area contributed by atoms with E-state index >= 15 is 0 Å². The monoisotopic (exact) mass is 207 g/mol. The molecule has 0 amide bonds.